The van der Waals surface area contributed by atoms with Crippen molar-refractivity contribution in [1.82, 2.24) is 0 Å². The maximum Gasteiger partial charge on any atom is 0.323 e. The van der Waals surface area contributed by atoms with Gasteiger partial charge in [-0.25, -0.2) is 0 Å². The summed E-state index contributed by atoms with van der Waals surface area (Å²) in [7, 11) is 0. The van der Waals surface area contributed by atoms with Crippen molar-refractivity contribution in [2.45, 2.75) is 65.2 Å². The predicted molar refractivity (Wildman–Crippen MR) is 96.6 cm³/mol. The molecule has 0 aromatic heterocycles. The first-order valence-corrected chi connectivity index (χ1v) is 8.83. The lowest BCUT2D eigenvalue weighted by molar-refractivity contribution is -0.168. The van der Waals surface area contributed by atoms with Crippen LogP contribution in [0, 0.1) is 5.92 Å². The molecule has 0 aliphatic rings. The Balaban J connectivity index is 2.53. The van der Waals surface area contributed by atoms with Gasteiger partial charge in [-0.05, 0) is 44.4 Å². The van der Waals surface area contributed by atoms with E-state index in [9.17, 15) is 19.8 Å². The van der Waals surface area contributed by atoms with Crippen molar-refractivity contribution in [2.24, 2.45) is 11.7 Å². The zero-order chi connectivity index (χ0) is 19.9. The molecule has 0 radical (unpaired) electrons. The molecule has 0 heterocycles. The molecule has 1 aromatic carbocycles. The van der Waals surface area contributed by atoms with E-state index in [1.54, 1.807) is 26.8 Å². The number of hydrogen-bond acceptors (Lipinski definition) is 7. The third-order valence-corrected chi connectivity index (χ3v) is 4.19. The lowest BCUT2D eigenvalue weighted by Gasteiger charge is -2.23. The second-order valence-electron chi connectivity index (χ2n) is 6.61. The molecule has 0 aliphatic heterocycles. The van der Waals surface area contributed by atoms with Gasteiger partial charge in [0, 0.05) is 0 Å². The Labute approximate surface area is 154 Å². The molecule has 0 spiro atoms. The van der Waals surface area contributed by atoms with E-state index >= 15 is 0 Å². The number of carbonyl (C=O) groups excluding carboxylic acids is 2. The van der Waals surface area contributed by atoms with Crippen molar-refractivity contribution < 1.29 is 29.3 Å². The average molecular weight is 367 g/mol. The number of ether oxygens (including phenoxy) is 2. The van der Waals surface area contributed by atoms with E-state index in [1.807, 2.05) is 6.92 Å². The normalized spacial score (nSPS) is 15.6. The summed E-state index contributed by atoms with van der Waals surface area (Å²) in [6.07, 6.45) is 0.539. The van der Waals surface area contributed by atoms with Crippen molar-refractivity contribution in [1.29, 1.82) is 0 Å². The Hall–Kier alpha value is -2.28. The van der Waals surface area contributed by atoms with Gasteiger partial charge in [0.25, 0.3) is 0 Å². The molecular formula is C19H29NO6. The van der Waals surface area contributed by atoms with Gasteiger partial charge in [0.05, 0.1) is 5.92 Å². The van der Waals surface area contributed by atoms with Crippen LogP contribution in [0.4, 0.5) is 0 Å². The van der Waals surface area contributed by atoms with E-state index in [0.29, 0.717) is 5.56 Å². The largest absolute Gasteiger partial charge is 0.504 e. The van der Waals surface area contributed by atoms with Gasteiger partial charge in [-0.15, -0.1) is 0 Å². The molecule has 0 saturated heterocycles. The van der Waals surface area contributed by atoms with Crippen LogP contribution in [0.3, 0.4) is 0 Å². The molecule has 0 saturated carbocycles. The van der Waals surface area contributed by atoms with Gasteiger partial charge in [0.1, 0.15) is 18.2 Å². The number of esters is 2. The summed E-state index contributed by atoms with van der Waals surface area (Å²) < 4.78 is 10.6. The SMILES string of the molecule is CCCC(C)C(=O)OC(C)[C@H](C)OC(=O)[C@@H](N)Cc1ccc(O)c(O)c1. The summed E-state index contributed by atoms with van der Waals surface area (Å²) >= 11 is 0. The molecule has 146 valence electrons. The summed E-state index contributed by atoms with van der Waals surface area (Å²) in [6.45, 7) is 7.10. The fourth-order valence-corrected chi connectivity index (χ4v) is 2.35. The van der Waals surface area contributed by atoms with Crippen LogP contribution in [0.1, 0.15) is 46.1 Å². The second-order valence-corrected chi connectivity index (χ2v) is 6.61. The lowest BCUT2D eigenvalue weighted by Crippen LogP contribution is -2.40. The number of aromatic hydroxyl groups is 2. The molecule has 26 heavy (non-hydrogen) atoms. The minimum atomic E-state index is -0.941. The average Bonchev–Trinajstić information content (AvgIpc) is 2.58. The highest BCUT2D eigenvalue weighted by Crippen LogP contribution is 2.25. The Bertz CT molecular complexity index is 618. The second kappa shape index (κ2) is 10.0. The quantitative estimate of drug-likeness (QED) is 0.452. The predicted octanol–water partition coefficient (Wildman–Crippen LogP) is 2.27. The Kier molecular flexibility index (Phi) is 8.38. The third kappa shape index (κ3) is 6.55. The first kappa shape index (κ1) is 21.8. The van der Waals surface area contributed by atoms with Crippen LogP contribution in [0.5, 0.6) is 11.5 Å². The highest BCUT2D eigenvalue weighted by atomic mass is 16.6. The van der Waals surface area contributed by atoms with Gasteiger partial charge in [-0.1, -0.05) is 26.3 Å². The highest BCUT2D eigenvalue weighted by molar-refractivity contribution is 5.76. The summed E-state index contributed by atoms with van der Waals surface area (Å²) in [5.74, 6) is -1.67. The Morgan fingerprint density at radius 2 is 1.62 bits per heavy atom. The molecular weight excluding hydrogens is 338 g/mol. The van der Waals surface area contributed by atoms with Crippen molar-refractivity contribution in [3.63, 3.8) is 0 Å². The number of rotatable bonds is 9. The van der Waals surface area contributed by atoms with Crippen molar-refractivity contribution in [3.8, 4) is 11.5 Å². The van der Waals surface area contributed by atoms with E-state index in [1.165, 1.54) is 12.1 Å². The minimum Gasteiger partial charge on any atom is -0.504 e. The van der Waals surface area contributed by atoms with Gasteiger partial charge in [-0.3, -0.25) is 9.59 Å². The third-order valence-electron chi connectivity index (χ3n) is 4.19. The van der Waals surface area contributed by atoms with Crippen LogP contribution in [0.25, 0.3) is 0 Å². The van der Waals surface area contributed by atoms with E-state index < -0.39 is 24.2 Å². The summed E-state index contributed by atoms with van der Waals surface area (Å²) in [5, 5.41) is 18.8. The molecule has 1 rings (SSSR count). The lowest BCUT2D eigenvalue weighted by atomic mass is 10.1. The molecule has 7 heteroatoms. The molecule has 4 N–H and O–H groups in total. The van der Waals surface area contributed by atoms with Gasteiger partial charge in [-0.2, -0.15) is 0 Å². The number of carbonyl (C=O) groups is 2. The number of hydrogen-bond donors (Lipinski definition) is 3. The van der Waals surface area contributed by atoms with Gasteiger partial charge in [0.15, 0.2) is 11.5 Å². The molecule has 7 nitrogen and oxygen atoms in total. The topological polar surface area (TPSA) is 119 Å². The summed E-state index contributed by atoms with van der Waals surface area (Å²) in [6, 6.07) is 3.28. The monoisotopic (exact) mass is 367 g/mol. The van der Waals surface area contributed by atoms with E-state index in [4.69, 9.17) is 15.2 Å². The van der Waals surface area contributed by atoms with Crippen molar-refractivity contribution >= 4 is 11.9 Å². The van der Waals surface area contributed by atoms with E-state index in [2.05, 4.69) is 0 Å². The van der Waals surface area contributed by atoms with Crippen molar-refractivity contribution in [2.75, 3.05) is 0 Å². The van der Waals surface area contributed by atoms with Crippen LogP contribution >= 0.6 is 0 Å². The highest BCUT2D eigenvalue weighted by Gasteiger charge is 2.25. The standard InChI is InChI=1S/C19H29NO6/c1-5-6-11(2)18(23)25-12(3)13(4)26-19(24)15(20)9-14-7-8-16(21)17(22)10-14/h7-8,10-13,15,21-22H,5-6,9,20H2,1-4H3/t11?,12?,13-,15-/m0/s1. The maximum atomic E-state index is 12.1. The molecule has 4 atom stereocenters. The molecule has 2 unspecified atom stereocenters. The number of nitrogens with two attached hydrogens (primary N) is 1. The van der Waals surface area contributed by atoms with Gasteiger partial charge < -0.3 is 25.4 Å². The number of phenols is 2. The minimum absolute atomic E-state index is 0.140. The van der Waals surface area contributed by atoms with Gasteiger partial charge >= 0.3 is 11.9 Å². The smallest absolute Gasteiger partial charge is 0.323 e. The number of benzene rings is 1. The van der Waals surface area contributed by atoms with E-state index in [-0.39, 0.29) is 29.8 Å². The van der Waals surface area contributed by atoms with Crippen LogP contribution in [-0.4, -0.2) is 40.4 Å². The van der Waals surface area contributed by atoms with Crippen molar-refractivity contribution in [3.05, 3.63) is 23.8 Å². The number of phenolic OH excluding ortho intramolecular Hbond substituents is 2. The van der Waals surface area contributed by atoms with E-state index in [0.717, 1.165) is 12.8 Å². The fraction of sp³-hybridized carbons (Fsp3) is 0.579. The summed E-state index contributed by atoms with van der Waals surface area (Å²) in [5.41, 5.74) is 6.44. The summed E-state index contributed by atoms with van der Waals surface area (Å²) in [4.78, 5) is 24.1. The zero-order valence-electron chi connectivity index (χ0n) is 15.8. The van der Waals surface area contributed by atoms with Crippen LogP contribution in [0.15, 0.2) is 18.2 Å². The molecule has 0 fully saturated rings. The first-order chi connectivity index (χ1) is 12.1. The molecule has 1 aromatic rings. The maximum absolute atomic E-state index is 12.1. The van der Waals surface area contributed by atoms with Crippen LogP contribution in [0.2, 0.25) is 0 Å². The first-order valence-electron chi connectivity index (χ1n) is 8.83. The van der Waals surface area contributed by atoms with Crippen LogP contribution < -0.4 is 5.73 Å². The molecule has 0 aliphatic carbocycles. The zero-order valence-corrected chi connectivity index (χ0v) is 15.8. The Morgan fingerprint density at radius 3 is 2.15 bits per heavy atom. The van der Waals surface area contributed by atoms with Crippen LogP contribution in [-0.2, 0) is 25.5 Å². The van der Waals surface area contributed by atoms with Gasteiger partial charge in [0.2, 0.25) is 0 Å². The Morgan fingerprint density at radius 1 is 1.04 bits per heavy atom. The molecule has 0 amide bonds. The fourth-order valence-electron chi connectivity index (χ4n) is 2.35. The molecule has 0 bridgehead atoms.